The van der Waals surface area contributed by atoms with Crippen LogP contribution in [-0.4, -0.2) is 79.5 Å². The molecule has 0 spiro atoms. The van der Waals surface area contributed by atoms with Crippen molar-refractivity contribution in [2.45, 2.75) is 30.9 Å². The van der Waals surface area contributed by atoms with Crippen LogP contribution in [-0.2, 0) is 14.8 Å². The summed E-state index contributed by atoms with van der Waals surface area (Å²) in [7, 11) is -3.99. The Morgan fingerprint density at radius 1 is 0.917 bits per heavy atom. The second-order valence-electron chi connectivity index (χ2n) is 9.25. The van der Waals surface area contributed by atoms with Crippen molar-refractivity contribution in [3.63, 3.8) is 0 Å². The molecule has 2 heterocycles. The molecule has 4 N–H and O–H groups in total. The van der Waals surface area contributed by atoms with Crippen LogP contribution in [0.5, 0.6) is 17.2 Å². The van der Waals surface area contributed by atoms with Gasteiger partial charge in [-0.2, -0.15) is 4.31 Å². The molecule has 10 nitrogen and oxygen atoms in total. The maximum atomic E-state index is 13.7. The molecule has 0 aliphatic carbocycles. The standard InChI is InChI=1S/C25H34N4O6S/c1-2-17-35-21-6-3-19(4-7-21)28-13-15-29(16-14-28)36(33,34)25(24(26)32)9-11-27(12-10-25)20-5-8-22(30)23(31)18-20/h3-8,18,30-31H,2,9-17H2,1H3,(H2,26,32). The van der Waals surface area contributed by atoms with Crippen LogP contribution in [0.4, 0.5) is 11.4 Å². The number of benzene rings is 2. The van der Waals surface area contributed by atoms with Gasteiger partial charge in [0.2, 0.25) is 15.9 Å². The van der Waals surface area contributed by atoms with Crippen molar-refractivity contribution in [1.29, 1.82) is 0 Å². The Kier molecular flexibility index (Phi) is 7.51. The number of phenols is 2. The third kappa shape index (κ3) is 4.90. The number of hydrogen-bond acceptors (Lipinski definition) is 8. The quantitative estimate of drug-likeness (QED) is 0.451. The van der Waals surface area contributed by atoms with Gasteiger partial charge in [-0.15, -0.1) is 0 Å². The SMILES string of the molecule is CCCOc1ccc(N2CCN(S(=O)(=O)C3(C(N)=O)CCN(c4ccc(O)c(O)c4)CC3)CC2)cc1. The molecule has 11 heteroatoms. The number of primary amides is 1. The molecule has 196 valence electrons. The van der Waals surface area contributed by atoms with Gasteiger partial charge >= 0.3 is 0 Å². The van der Waals surface area contributed by atoms with Crippen molar-refractivity contribution < 1.29 is 28.2 Å². The first-order chi connectivity index (χ1) is 17.2. The van der Waals surface area contributed by atoms with E-state index in [-0.39, 0.29) is 50.5 Å². The van der Waals surface area contributed by atoms with E-state index in [4.69, 9.17) is 10.5 Å². The van der Waals surface area contributed by atoms with Gasteiger partial charge in [0, 0.05) is 56.7 Å². The number of carbonyl (C=O) groups excluding carboxylic acids is 1. The second-order valence-corrected chi connectivity index (χ2v) is 11.5. The summed E-state index contributed by atoms with van der Waals surface area (Å²) >= 11 is 0. The van der Waals surface area contributed by atoms with Crippen molar-refractivity contribution in [2.24, 2.45) is 5.73 Å². The molecule has 0 radical (unpaired) electrons. The molecule has 0 atom stereocenters. The van der Waals surface area contributed by atoms with Gasteiger partial charge in [0.1, 0.15) is 5.75 Å². The molecular formula is C25H34N4O6S. The lowest BCUT2D eigenvalue weighted by Crippen LogP contribution is -2.63. The first-order valence-electron chi connectivity index (χ1n) is 12.2. The van der Waals surface area contributed by atoms with Crippen molar-refractivity contribution in [3.05, 3.63) is 42.5 Å². The number of phenolic OH excluding ortho intramolecular Hbond substituents is 2. The zero-order valence-corrected chi connectivity index (χ0v) is 21.3. The van der Waals surface area contributed by atoms with Crippen LogP contribution in [0.25, 0.3) is 0 Å². The van der Waals surface area contributed by atoms with Crippen LogP contribution in [0.2, 0.25) is 0 Å². The molecule has 2 aromatic carbocycles. The van der Waals surface area contributed by atoms with Crippen LogP contribution in [0.15, 0.2) is 42.5 Å². The molecule has 2 aromatic rings. The first kappa shape index (κ1) is 25.9. The zero-order valence-electron chi connectivity index (χ0n) is 20.5. The van der Waals surface area contributed by atoms with E-state index < -0.39 is 20.7 Å². The Labute approximate surface area is 211 Å². The highest BCUT2D eigenvalue weighted by molar-refractivity contribution is 7.91. The summed E-state index contributed by atoms with van der Waals surface area (Å²) in [5, 5.41) is 19.4. The monoisotopic (exact) mass is 518 g/mol. The molecule has 4 rings (SSSR count). The number of hydrogen-bond donors (Lipinski definition) is 3. The highest BCUT2D eigenvalue weighted by Gasteiger charge is 2.54. The van der Waals surface area contributed by atoms with Crippen molar-refractivity contribution in [2.75, 3.05) is 55.7 Å². The fourth-order valence-corrected chi connectivity index (χ4v) is 6.96. The fraction of sp³-hybridized carbons (Fsp3) is 0.480. The largest absolute Gasteiger partial charge is 0.504 e. The molecule has 2 saturated heterocycles. The van der Waals surface area contributed by atoms with Gasteiger partial charge in [0.25, 0.3) is 0 Å². The summed E-state index contributed by atoms with van der Waals surface area (Å²) < 4.78 is 32.8. The first-order valence-corrected chi connectivity index (χ1v) is 13.7. The van der Waals surface area contributed by atoms with Crippen LogP contribution < -0.4 is 20.3 Å². The Morgan fingerprint density at radius 3 is 2.06 bits per heavy atom. The van der Waals surface area contributed by atoms with Crippen molar-refractivity contribution in [1.82, 2.24) is 4.31 Å². The van der Waals surface area contributed by atoms with E-state index in [1.54, 1.807) is 6.07 Å². The fourth-order valence-electron chi connectivity index (χ4n) is 4.87. The van der Waals surface area contributed by atoms with Gasteiger partial charge in [0.05, 0.1) is 6.61 Å². The predicted molar refractivity (Wildman–Crippen MR) is 138 cm³/mol. The maximum Gasteiger partial charge on any atom is 0.240 e. The normalized spacial score (nSPS) is 18.7. The molecule has 2 fully saturated rings. The summed E-state index contributed by atoms with van der Waals surface area (Å²) in [4.78, 5) is 16.6. The summed E-state index contributed by atoms with van der Waals surface area (Å²) in [5.74, 6) is -0.516. The zero-order chi connectivity index (χ0) is 25.9. The Hall–Kier alpha value is -3.18. The molecule has 0 saturated carbocycles. The molecule has 2 aliphatic heterocycles. The number of piperidine rings is 1. The minimum absolute atomic E-state index is 0.0474. The Balaban J connectivity index is 1.42. The minimum atomic E-state index is -3.99. The van der Waals surface area contributed by atoms with E-state index in [0.29, 0.717) is 25.4 Å². The second kappa shape index (κ2) is 10.4. The number of sulfonamides is 1. The van der Waals surface area contributed by atoms with Crippen molar-refractivity contribution >= 4 is 27.3 Å². The Morgan fingerprint density at radius 2 is 1.50 bits per heavy atom. The maximum absolute atomic E-state index is 13.7. The number of piperazine rings is 1. The summed E-state index contributed by atoms with van der Waals surface area (Å²) in [5.41, 5.74) is 7.36. The third-order valence-electron chi connectivity index (χ3n) is 7.09. The van der Waals surface area contributed by atoms with Gasteiger partial charge in [-0.25, -0.2) is 8.42 Å². The summed E-state index contributed by atoms with van der Waals surface area (Å²) in [6.45, 7) is 4.80. The summed E-state index contributed by atoms with van der Waals surface area (Å²) in [6, 6.07) is 12.2. The number of nitrogens with two attached hydrogens (primary N) is 1. The number of rotatable bonds is 8. The van der Waals surface area contributed by atoms with Crippen LogP contribution in [0.1, 0.15) is 26.2 Å². The van der Waals surface area contributed by atoms with E-state index in [1.807, 2.05) is 29.2 Å². The number of amides is 1. The number of ether oxygens (including phenoxy) is 1. The van der Waals surface area contributed by atoms with Crippen LogP contribution >= 0.6 is 0 Å². The van der Waals surface area contributed by atoms with Gasteiger partial charge < -0.3 is 30.5 Å². The van der Waals surface area contributed by atoms with E-state index >= 15 is 0 Å². The van der Waals surface area contributed by atoms with Crippen LogP contribution in [0.3, 0.4) is 0 Å². The minimum Gasteiger partial charge on any atom is -0.504 e. The molecular weight excluding hydrogens is 484 g/mol. The van der Waals surface area contributed by atoms with Crippen LogP contribution in [0, 0.1) is 0 Å². The van der Waals surface area contributed by atoms with Gasteiger partial charge in [-0.1, -0.05) is 6.92 Å². The highest BCUT2D eigenvalue weighted by atomic mass is 32.2. The summed E-state index contributed by atoms with van der Waals surface area (Å²) in [6.07, 6.45) is 1.03. The average molecular weight is 519 g/mol. The number of anilines is 2. The molecule has 1 amide bonds. The smallest absolute Gasteiger partial charge is 0.240 e. The van der Waals surface area contributed by atoms with E-state index in [2.05, 4.69) is 11.8 Å². The predicted octanol–water partition coefficient (Wildman–Crippen LogP) is 1.86. The molecule has 0 unspecified atom stereocenters. The lowest BCUT2D eigenvalue weighted by atomic mass is 9.94. The van der Waals surface area contributed by atoms with E-state index in [9.17, 15) is 23.4 Å². The topological polar surface area (TPSA) is 137 Å². The molecule has 0 bridgehead atoms. The average Bonchev–Trinajstić information content (AvgIpc) is 2.89. The van der Waals surface area contributed by atoms with Gasteiger partial charge in [-0.3, -0.25) is 4.79 Å². The number of nitrogens with zero attached hydrogens (tertiary/aromatic N) is 3. The van der Waals surface area contributed by atoms with E-state index in [1.165, 1.54) is 16.4 Å². The van der Waals surface area contributed by atoms with Crippen molar-refractivity contribution in [3.8, 4) is 17.2 Å². The number of aromatic hydroxyl groups is 2. The molecule has 36 heavy (non-hydrogen) atoms. The Bertz CT molecular complexity index is 1170. The van der Waals surface area contributed by atoms with E-state index in [0.717, 1.165) is 17.9 Å². The number of carbonyl (C=O) groups is 1. The van der Waals surface area contributed by atoms with Gasteiger partial charge in [0.15, 0.2) is 16.2 Å². The third-order valence-corrected chi connectivity index (χ3v) is 9.73. The molecule has 2 aliphatic rings. The lowest BCUT2D eigenvalue weighted by molar-refractivity contribution is -0.121. The lowest BCUT2D eigenvalue weighted by Gasteiger charge is -2.44. The van der Waals surface area contributed by atoms with Gasteiger partial charge in [-0.05, 0) is 55.7 Å². The highest BCUT2D eigenvalue weighted by Crippen LogP contribution is 2.37. The molecule has 0 aromatic heterocycles.